The molecule has 0 spiro atoms. The highest BCUT2D eigenvalue weighted by Crippen LogP contribution is 2.19. The largest absolute Gasteiger partial charge is 0.331 e. The molecule has 3 rings (SSSR count). The summed E-state index contributed by atoms with van der Waals surface area (Å²) in [7, 11) is 0. The topological polar surface area (TPSA) is 20.7 Å². The number of rotatable bonds is 2. The van der Waals surface area contributed by atoms with E-state index in [1.165, 1.54) is 16.0 Å². The number of H-pyrrole nitrogens is 1. The Hall–Kier alpha value is -1.39. The molecule has 2 aromatic heterocycles. The second kappa shape index (κ2) is 4.13. The van der Waals surface area contributed by atoms with E-state index in [4.69, 9.17) is 12.2 Å². The van der Waals surface area contributed by atoms with Gasteiger partial charge in [0, 0.05) is 4.88 Å². The zero-order chi connectivity index (χ0) is 11.8. The molecule has 0 bridgehead atoms. The summed E-state index contributed by atoms with van der Waals surface area (Å²) in [4.78, 5) is 4.58. The first-order chi connectivity index (χ1) is 8.24. The quantitative estimate of drug-likeness (QED) is 0.687. The summed E-state index contributed by atoms with van der Waals surface area (Å²) in [6, 6.07) is 10.6. The van der Waals surface area contributed by atoms with E-state index < -0.39 is 0 Å². The van der Waals surface area contributed by atoms with Gasteiger partial charge in [-0.25, -0.2) is 0 Å². The predicted molar refractivity (Wildman–Crippen MR) is 75.3 cm³/mol. The number of hydrogen-bond acceptors (Lipinski definition) is 2. The molecule has 17 heavy (non-hydrogen) atoms. The monoisotopic (exact) mass is 260 g/mol. The lowest BCUT2D eigenvalue weighted by Crippen LogP contribution is -1.97. The molecule has 1 aromatic carbocycles. The van der Waals surface area contributed by atoms with Crippen LogP contribution in [0.5, 0.6) is 0 Å². The van der Waals surface area contributed by atoms with Gasteiger partial charge in [0.1, 0.15) is 0 Å². The molecule has 0 radical (unpaired) electrons. The van der Waals surface area contributed by atoms with E-state index in [1.54, 1.807) is 11.3 Å². The first-order valence-electron chi connectivity index (χ1n) is 5.45. The summed E-state index contributed by atoms with van der Waals surface area (Å²) in [5.74, 6) is 0. The number of nitrogens with zero attached hydrogens (tertiary/aromatic N) is 1. The lowest BCUT2D eigenvalue weighted by atomic mass is 10.2. The molecule has 0 saturated carbocycles. The third-order valence-corrected chi connectivity index (χ3v) is 4.01. The summed E-state index contributed by atoms with van der Waals surface area (Å²) >= 11 is 7.14. The van der Waals surface area contributed by atoms with E-state index in [2.05, 4.69) is 52.2 Å². The fraction of sp³-hybridized carbons (Fsp3) is 0.154. The van der Waals surface area contributed by atoms with E-state index in [-0.39, 0.29) is 0 Å². The highest BCUT2D eigenvalue weighted by Gasteiger charge is 2.05. The molecule has 3 aromatic rings. The maximum Gasteiger partial charge on any atom is 0.178 e. The van der Waals surface area contributed by atoms with Crippen molar-refractivity contribution in [1.82, 2.24) is 9.55 Å². The van der Waals surface area contributed by atoms with Gasteiger partial charge in [-0.05, 0) is 48.3 Å². The number of aromatic nitrogens is 2. The van der Waals surface area contributed by atoms with Gasteiger partial charge < -0.3 is 9.55 Å². The molecule has 2 heterocycles. The Morgan fingerprint density at radius 2 is 2.24 bits per heavy atom. The number of hydrogen-bond donors (Lipinski definition) is 1. The van der Waals surface area contributed by atoms with Crippen LogP contribution in [0, 0.1) is 11.7 Å². The molecule has 0 aliphatic rings. The molecule has 0 atom stereocenters. The molecule has 2 nitrogen and oxygen atoms in total. The van der Waals surface area contributed by atoms with Crippen molar-refractivity contribution in [3.8, 4) is 0 Å². The second-order valence-electron chi connectivity index (χ2n) is 4.12. The van der Waals surface area contributed by atoms with Crippen LogP contribution in [-0.4, -0.2) is 9.55 Å². The van der Waals surface area contributed by atoms with Crippen molar-refractivity contribution in [1.29, 1.82) is 0 Å². The van der Waals surface area contributed by atoms with E-state index in [9.17, 15) is 0 Å². The van der Waals surface area contributed by atoms with Gasteiger partial charge in [-0.3, -0.25) is 0 Å². The van der Waals surface area contributed by atoms with Crippen LogP contribution in [0.2, 0.25) is 0 Å². The van der Waals surface area contributed by atoms with Crippen molar-refractivity contribution in [2.45, 2.75) is 13.5 Å². The van der Waals surface area contributed by atoms with Gasteiger partial charge in [-0.2, -0.15) is 0 Å². The van der Waals surface area contributed by atoms with Crippen LogP contribution < -0.4 is 0 Å². The lowest BCUT2D eigenvalue weighted by molar-refractivity contribution is 0.823. The number of nitrogens with one attached hydrogen (secondary N) is 1. The average Bonchev–Trinajstić information content (AvgIpc) is 2.88. The normalized spacial score (nSPS) is 11.1. The minimum atomic E-state index is 0.791. The molecule has 4 heteroatoms. The predicted octanol–water partition coefficient (Wildman–Crippen LogP) is 4.12. The van der Waals surface area contributed by atoms with Crippen LogP contribution in [0.1, 0.15) is 10.4 Å². The fourth-order valence-corrected chi connectivity index (χ4v) is 2.96. The van der Waals surface area contributed by atoms with Gasteiger partial charge in [-0.15, -0.1) is 11.3 Å². The minimum absolute atomic E-state index is 0.791. The number of fused-ring (bicyclic) bond motifs is 1. The Kier molecular flexibility index (Phi) is 2.61. The Balaban J connectivity index is 2.16. The number of aromatic amines is 1. The van der Waals surface area contributed by atoms with Crippen molar-refractivity contribution >= 4 is 34.6 Å². The van der Waals surface area contributed by atoms with Crippen LogP contribution >= 0.6 is 23.6 Å². The molecule has 0 aliphatic carbocycles. The van der Waals surface area contributed by atoms with Crippen molar-refractivity contribution in [3.63, 3.8) is 0 Å². The van der Waals surface area contributed by atoms with Crippen LogP contribution in [-0.2, 0) is 6.54 Å². The Labute approximate surface area is 109 Å². The van der Waals surface area contributed by atoms with E-state index >= 15 is 0 Å². The molecule has 86 valence electrons. The number of aryl methyl sites for hydroxylation is 1. The summed E-state index contributed by atoms with van der Waals surface area (Å²) in [5, 5.41) is 2.10. The van der Waals surface area contributed by atoms with Gasteiger partial charge in [0.05, 0.1) is 17.6 Å². The smallest absolute Gasteiger partial charge is 0.178 e. The summed E-state index contributed by atoms with van der Waals surface area (Å²) < 4.78 is 2.94. The highest BCUT2D eigenvalue weighted by atomic mass is 32.1. The lowest BCUT2D eigenvalue weighted by Gasteiger charge is -2.02. The van der Waals surface area contributed by atoms with E-state index in [0.717, 1.165) is 16.8 Å². The molecular formula is C13H12N2S2. The SMILES string of the molecule is Cc1ccc2c(c1)[nH]c(=S)n2Cc1cccs1. The van der Waals surface area contributed by atoms with Gasteiger partial charge in [0.15, 0.2) is 4.77 Å². The fourth-order valence-electron chi connectivity index (χ4n) is 1.99. The summed E-state index contributed by atoms with van der Waals surface area (Å²) in [5.41, 5.74) is 3.54. The third-order valence-electron chi connectivity index (χ3n) is 2.82. The van der Waals surface area contributed by atoms with Gasteiger partial charge in [-0.1, -0.05) is 12.1 Å². The molecule has 1 N–H and O–H groups in total. The Morgan fingerprint density at radius 3 is 3.00 bits per heavy atom. The number of benzene rings is 1. The summed E-state index contributed by atoms with van der Waals surface area (Å²) in [6.45, 7) is 2.94. The van der Waals surface area contributed by atoms with Gasteiger partial charge >= 0.3 is 0 Å². The number of thiophene rings is 1. The maximum absolute atomic E-state index is 5.38. The van der Waals surface area contributed by atoms with Gasteiger partial charge in [0.2, 0.25) is 0 Å². The van der Waals surface area contributed by atoms with Gasteiger partial charge in [0.25, 0.3) is 0 Å². The van der Waals surface area contributed by atoms with E-state index in [0.29, 0.717) is 0 Å². The zero-order valence-corrected chi connectivity index (χ0v) is 11.1. The molecule has 0 amide bonds. The molecular weight excluding hydrogens is 248 g/mol. The Bertz CT molecular complexity index is 705. The van der Waals surface area contributed by atoms with Crippen LogP contribution in [0.3, 0.4) is 0 Å². The molecule has 0 saturated heterocycles. The first kappa shape index (κ1) is 10.7. The first-order valence-corrected chi connectivity index (χ1v) is 6.74. The summed E-state index contributed by atoms with van der Waals surface area (Å²) in [6.07, 6.45) is 0. The van der Waals surface area contributed by atoms with Crippen molar-refractivity contribution in [2.24, 2.45) is 0 Å². The van der Waals surface area contributed by atoms with Crippen LogP contribution in [0.25, 0.3) is 11.0 Å². The standard InChI is InChI=1S/C13H12N2S2/c1-9-4-5-12-11(7-9)14-13(16)15(12)8-10-3-2-6-17-10/h2-7H,8H2,1H3,(H,14,16). The van der Waals surface area contributed by atoms with E-state index in [1.807, 2.05) is 0 Å². The second-order valence-corrected chi connectivity index (χ2v) is 5.54. The third kappa shape index (κ3) is 1.94. The Morgan fingerprint density at radius 1 is 1.35 bits per heavy atom. The molecule has 0 unspecified atom stereocenters. The number of imidazole rings is 1. The molecule has 0 fully saturated rings. The van der Waals surface area contributed by atoms with Crippen molar-refractivity contribution in [2.75, 3.05) is 0 Å². The molecule has 0 aliphatic heterocycles. The minimum Gasteiger partial charge on any atom is -0.331 e. The highest BCUT2D eigenvalue weighted by molar-refractivity contribution is 7.71. The van der Waals surface area contributed by atoms with Crippen LogP contribution in [0.15, 0.2) is 35.7 Å². The van der Waals surface area contributed by atoms with Crippen LogP contribution in [0.4, 0.5) is 0 Å². The maximum atomic E-state index is 5.38. The van der Waals surface area contributed by atoms with Crippen molar-refractivity contribution < 1.29 is 0 Å². The average molecular weight is 260 g/mol. The zero-order valence-electron chi connectivity index (χ0n) is 9.43. The van der Waals surface area contributed by atoms with Crippen molar-refractivity contribution in [3.05, 3.63) is 50.9 Å².